The molecule has 1 aromatic carbocycles. The van der Waals surface area contributed by atoms with Gasteiger partial charge in [0.2, 0.25) is 5.89 Å². The van der Waals surface area contributed by atoms with Gasteiger partial charge in [-0.05, 0) is 19.1 Å². The topological polar surface area (TPSA) is 103 Å². The molecule has 0 amide bonds. The third-order valence-electron chi connectivity index (χ3n) is 2.57. The molecule has 0 unspecified atom stereocenters. The third kappa shape index (κ3) is 2.30. The quantitative estimate of drug-likeness (QED) is 0.732. The maximum Gasteiger partial charge on any atom is 0.245 e. The van der Waals surface area contributed by atoms with Crippen LogP contribution in [0.2, 0.25) is 0 Å². The molecule has 0 aliphatic heterocycles. The van der Waals surface area contributed by atoms with Gasteiger partial charge < -0.3 is 15.6 Å². The SMILES string of the molecule is Cc1noc(CNc2nc3ccccc3nc2N)n1. The minimum absolute atomic E-state index is 0.343. The molecule has 0 spiro atoms. The Balaban J connectivity index is 1.86. The van der Waals surface area contributed by atoms with Gasteiger partial charge in [-0.2, -0.15) is 4.98 Å². The average Bonchev–Trinajstić information content (AvgIpc) is 2.82. The molecule has 2 heterocycles. The monoisotopic (exact) mass is 256 g/mol. The minimum Gasteiger partial charge on any atom is -0.381 e. The number of rotatable bonds is 3. The van der Waals surface area contributed by atoms with E-state index in [0.29, 0.717) is 29.9 Å². The summed E-state index contributed by atoms with van der Waals surface area (Å²) in [4.78, 5) is 12.8. The van der Waals surface area contributed by atoms with Crippen LogP contribution in [0.25, 0.3) is 11.0 Å². The fourth-order valence-corrected chi connectivity index (χ4v) is 1.71. The summed E-state index contributed by atoms with van der Waals surface area (Å²) in [7, 11) is 0. The van der Waals surface area contributed by atoms with Crippen LogP contribution in [0.1, 0.15) is 11.7 Å². The predicted molar refractivity (Wildman–Crippen MR) is 70.3 cm³/mol. The van der Waals surface area contributed by atoms with Crippen molar-refractivity contribution in [1.82, 2.24) is 20.1 Å². The average molecular weight is 256 g/mol. The van der Waals surface area contributed by atoms with Crippen LogP contribution in [0, 0.1) is 6.92 Å². The number of hydrogen-bond donors (Lipinski definition) is 2. The van der Waals surface area contributed by atoms with E-state index >= 15 is 0 Å². The number of nitrogens with zero attached hydrogens (tertiary/aromatic N) is 4. The molecule has 96 valence electrons. The number of benzene rings is 1. The van der Waals surface area contributed by atoms with Crippen LogP contribution in [0.3, 0.4) is 0 Å². The molecular weight excluding hydrogens is 244 g/mol. The van der Waals surface area contributed by atoms with Crippen molar-refractivity contribution in [2.24, 2.45) is 0 Å². The first kappa shape index (κ1) is 11.4. The highest BCUT2D eigenvalue weighted by Gasteiger charge is 2.07. The van der Waals surface area contributed by atoms with E-state index in [0.717, 1.165) is 11.0 Å². The van der Waals surface area contributed by atoms with Crippen molar-refractivity contribution in [3.8, 4) is 0 Å². The number of anilines is 2. The van der Waals surface area contributed by atoms with E-state index in [4.69, 9.17) is 10.3 Å². The van der Waals surface area contributed by atoms with Crippen molar-refractivity contribution in [3.63, 3.8) is 0 Å². The van der Waals surface area contributed by atoms with Crippen molar-refractivity contribution in [1.29, 1.82) is 0 Å². The van der Waals surface area contributed by atoms with E-state index in [2.05, 4.69) is 25.4 Å². The van der Waals surface area contributed by atoms with Crippen LogP contribution < -0.4 is 11.1 Å². The summed E-state index contributed by atoms with van der Waals surface area (Å²) in [5.74, 6) is 1.92. The first-order chi connectivity index (χ1) is 9.22. The van der Waals surface area contributed by atoms with Crippen molar-refractivity contribution in [3.05, 3.63) is 36.0 Å². The van der Waals surface area contributed by atoms with E-state index in [9.17, 15) is 0 Å². The van der Waals surface area contributed by atoms with E-state index in [1.54, 1.807) is 6.92 Å². The summed E-state index contributed by atoms with van der Waals surface area (Å²) in [6.07, 6.45) is 0. The van der Waals surface area contributed by atoms with Crippen LogP contribution in [-0.2, 0) is 6.54 Å². The highest BCUT2D eigenvalue weighted by molar-refractivity contribution is 5.79. The second-order valence-electron chi connectivity index (χ2n) is 4.04. The van der Waals surface area contributed by atoms with Crippen molar-refractivity contribution >= 4 is 22.7 Å². The van der Waals surface area contributed by atoms with Crippen LogP contribution in [-0.4, -0.2) is 20.1 Å². The number of nitrogen functional groups attached to an aromatic ring is 1. The summed E-state index contributed by atoms with van der Waals surface area (Å²) in [5.41, 5.74) is 7.40. The first-order valence-electron chi connectivity index (χ1n) is 5.78. The fraction of sp³-hybridized carbons (Fsp3) is 0.167. The van der Waals surface area contributed by atoms with Gasteiger partial charge in [0.05, 0.1) is 17.6 Å². The molecule has 0 radical (unpaired) electrons. The van der Waals surface area contributed by atoms with Gasteiger partial charge in [0, 0.05) is 0 Å². The zero-order chi connectivity index (χ0) is 13.2. The molecule has 0 aliphatic carbocycles. The number of hydrogen-bond acceptors (Lipinski definition) is 7. The summed E-state index contributed by atoms with van der Waals surface area (Å²) >= 11 is 0. The molecule has 7 heteroatoms. The first-order valence-corrected chi connectivity index (χ1v) is 5.78. The number of aryl methyl sites for hydroxylation is 1. The van der Waals surface area contributed by atoms with Crippen LogP contribution >= 0.6 is 0 Å². The smallest absolute Gasteiger partial charge is 0.245 e. The molecule has 0 saturated carbocycles. The largest absolute Gasteiger partial charge is 0.381 e. The molecule has 0 aliphatic rings. The highest BCUT2D eigenvalue weighted by Crippen LogP contribution is 2.18. The molecule has 0 saturated heterocycles. The normalized spacial score (nSPS) is 10.8. The summed E-state index contributed by atoms with van der Waals surface area (Å²) in [6.45, 7) is 2.12. The zero-order valence-electron chi connectivity index (χ0n) is 10.3. The predicted octanol–water partition coefficient (Wildman–Crippen LogP) is 1.52. The lowest BCUT2D eigenvalue weighted by Gasteiger charge is -2.06. The summed E-state index contributed by atoms with van der Waals surface area (Å²) in [5, 5.41) is 6.75. The van der Waals surface area contributed by atoms with Gasteiger partial charge in [0.1, 0.15) is 0 Å². The maximum absolute atomic E-state index is 5.85. The molecule has 3 aromatic rings. The fourth-order valence-electron chi connectivity index (χ4n) is 1.71. The van der Waals surface area contributed by atoms with Gasteiger partial charge in [0.25, 0.3) is 0 Å². The van der Waals surface area contributed by atoms with Gasteiger partial charge in [0.15, 0.2) is 17.5 Å². The lowest BCUT2D eigenvalue weighted by Crippen LogP contribution is -2.06. The van der Waals surface area contributed by atoms with E-state index in [-0.39, 0.29) is 0 Å². The standard InChI is InChI=1S/C12H12N6O/c1-7-15-10(19-18-7)6-14-12-11(13)16-8-4-2-3-5-9(8)17-12/h2-5H,6H2,1H3,(H2,13,16)(H,14,17). The molecule has 0 fully saturated rings. The van der Waals surface area contributed by atoms with Gasteiger partial charge in [-0.3, -0.25) is 0 Å². The van der Waals surface area contributed by atoms with Gasteiger partial charge >= 0.3 is 0 Å². The van der Waals surface area contributed by atoms with Crippen LogP contribution in [0.4, 0.5) is 11.6 Å². The Bertz CT molecular complexity index is 723. The van der Waals surface area contributed by atoms with Crippen LogP contribution in [0.5, 0.6) is 0 Å². The van der Waals surface area contributed by atoms with Gasteiger partial charge in [-0.1, -0.05) is 17.3 Å². The Morgan fingerprint density at radius 1 is 1.16 bits per heavy atom. The summed E-state index contributed by atoms with van der Waals surface area (Å²) in [6, 6.07) is 7.54. The Morgan fingerprint density at radius 3 is 2.58 bits per heavy atom. The molecule has 0 atom stereocenters. The highest BCUT2D eigenvalue weighted by atomic mass is 16.5. The van der Waals surface area contributed by atoms with Gasteiger partial charge in [-0.15, -0.1) is 0 Å². The van der Waals surface area contributed by atoms with Crippen molar-refractivity contribution in [2.45, 2.75) is 13.5 Å². The van der Waals surface area contributed by atoms with E-state index in [1.165, 1.54) is 0 Å². The minimum atomic E-state index is 0.343. The van der Waals surface area contributed by atoms with Crippen molar-refractivity contribution in [2.75, 3.05) is 11.1 Å². The Morgan fingerprint density at radius 2 is 1.89 bits per heavy atom. The molecule has 19 heavy (non-hydrogen) atoms. The molecule has 3 rings (SSSR count). The number of para-hydroxylation sites is 2. The lowest BCUT2D eigenvalue weighted by atomic mass is 10.3. The van der Waals surface area contributed by atoms with Crippen LogP contribution in [0.15, 0.2) is 28.8 Å². The van der Waals surface area contributed by atoms with E-state index in [1.807, 2.05) is 24.3 Å². The van der Waals surface area contributed by atoms with Gasteiger partial charge in [-0.25, -0.2) is 9.97 Å². The second-order valence-corrected chi connectivity index (χ2v) is 4.04. The molecule has 2 aromatic heterocycles. The molecule has 0 bridgehead atoms. The Kier molecular flexibility index (Phi) is 2.71. The third-order valence-corrected chi connectivity index (χ3v) is 2.57. The number of nitrogens with one attached hydrogen (secondary N) is 1. The van der Waals surface area contributed by atoms with E-state index < -0.39 is 0 Å². The molecule has 7 nitrogen and oxygen atoms in total. The molecular formula is C12H12N6O. The van der Waals surface area contributed by atoms with Crippen molar-refractivity contribution < 1.29 is 4.52 Å². The molecule has 3 N–H and O–H groups in total. The Hall–Kier alpha value is -2.70. The number of fused-ring (bicyclic) bond motifs is 1. The number of aromatic nitrogens is 4. The zero-order valence-corrected chi connectivity index (χ0v) is 10.3. The Labute approximate surface area is 108 Å². The summed E-state index contributed by atoms with van der Waals surface area (Å²) < 4.78 is 5.00. The lowest BCUT2D eigenvalue weighted by molar-refractivity contribution is 0.379. The second kappa shape index (κ2) is 4.52. The maximum atomic E-state index is 5.85. The number of nitrogens with two attached hydrogens (primary N) is 1.